The molecule has 1 aromatic rings. The molecule has 3 heteroatoms. The highest BCUT2D eigenvalue weighted by Gasteiger charge is 2.28. The minimum absolute atomic E-state index is 0.188. The Morgan fingerprint density at radius 1 is 1.50 bits per heavy atom. The van der Waals surface area contributed by atoms with Gasteiger partial charge in [-0.3, -0.25) is 0 Å². The monoisotopic (exact) mass is 194 g/mol. The van der Waals surface area contributed by atoms with Crippen molar-refractivity contribution in [3.63, 3.8) is 0 Å². The van der Waals surface area contributed by atoms with Gasteiger partial charge in [0.1, 0.15) is 0 Å². The van der Waals surface area contributed by atoms with E-state index in [9.17, 15) is 5.11 Å². The van der Waals surface area contributed by atoms with E-state index in [0.717, 1.165) is 18.8 Å². The summed E-state index contributed by atoms with van der Waals surface area (Å²) in [5.74, 6) is 0.769. The summed E-state index contributed by atoms with van der Waals surface area (Å²) in [5, 5.41) is 9.91. The molecule has 3 nitrogen and oxygen atoms in total. The summed E-state index contributed by atoms with van der Waals surface area (Å²) in [7, 11) is 0. The zero-order valence-corrected chi connectivity index (χ0v) is 8.63. The van der Waals surface area contributed by atoms with Crippen LogP contribution in [0.4, 0.5) is 0 Å². The Morgan fingerprint density at radius 3 is 3.00 bits per heavy atom. The highest BCUT2D eigenvalue weighted by atomic mass is 16.3. The van der Waals surface area contributed by atoms with E-state index in [2.05, 4.69) is 11.9 Å². The second-order valence-electron chi connectivity index (χ2n) is 4.23. The van der Waals surface area contributed by atoms with E-state index < -0.39 is 0 Å². The van der Waals surface area contributed by atoms with Gasteiger partial charge in [0.2, 0.25) is 0 Å². The summed E-state index contributed by atoms with van der Waals surface area (Å²) in [6, 6.07) is 0.246. The zero-order valence-electron chi connectivity index (χ0n) is 8.63. The van der Waals surface area contributed by atoms with Gasteiger partial charge in [-0.25, -0.2) is 4.98 Å². The normalized spacial score (nSPS) is 33.1. The Labute approximate surface area is 84.8 Å². The van der Waals surface area contributed by atoms with Crippen molar-refractivity contribution < 1.29 is 5.11 Å². The van der Waals surface area contributed by atoms with Gasteiger partial charge in [-0.15, -0.1) is 0 Å². The van der Waals surface area contributed by atoms with Gasteiger partial charge in [0.05, 0.1) is 18.5 Å². The molecule has 1 aliphatic carbocycles. The predicted molar refractivity (Wildman–Crippen MR) is 54.9 cm³/mol. The summed E-state index contributed by atoms with van der Waals surface area (Å²) in [4.78, 5) is 4.03. The van der Waals surface area contributed by atoms with Crippen LogP contribution < -0.4 is 0 Å². The molecule has 0 saturated heterocycles. The number of rotatable bonds is 2. The number of imidazole rings is 1. The number of hydrogen-bond donors (Lipinski definition) is 1. The lowest BCUT2D eigenvalue weighted by atomic mass is 9.82. The van der Waals surface area contributed by atoms with Crippen LogP contribution in [0.3, 0.4) is 0 Å². The first-order valence-electron chi connectivity index (χ1n) is 5.46. The van der Waals surface area contributed by atoms with E-state index in [4.69, 9.17) is 0 Å². The quantitative estimate of drug-likeness (QED) is 0.782. The van der Waals surface area contributed by atoms with Gasteiger partial charge in [-0.2, -0.15) is 0 Å². The molecule has 0 aromatic carbocycles. The van der Waals surface area contributed by atoms with Crippen molar-refractivity contribution in [1.29, 1.82) is 0 Å². The summed E-state index contributed by atoms with van der Waals surface area (Å²) < 4.78 is 2.05. The van der Waals surface area contributed by atoms with Crippen molar-refractivity contribution in [2.45, 2.75) is 44.8 Å². The molecule has 0 bridgehead atoms. The lowest BCUT2D eigenvalue weighted by Gasteiger charge is -2.33. The molecule has 0 amide bonds. The van der Waals surface area contributed by atoms with E-state index in [1.807, 2.05) is 17.1 Å². The fourth-order valence-corrected chi connectivity index (χ4v) is 2.37. The number of aliphatic hydroxyl groups excluding tert-OH is 1. The molecule has 3 unspecified atom stereocenters. The van der Waals surface area contributed by atoms with Crippen LogP contribution in [0, 0.1) is 5.92 Å². The van der Waals surface area contributed by atoms with Gasteiger partial charge >= 0.3 is 0 Å². The second-order valence-corrected chi connectivity index (χ2v) is 4.23. The van der Waals surface area contributed by atoms with Crippen LogP contribution in [-0.2, 0) is 0 Å². The first-order chi connectivity index (χ1) is 6.81. The molecular formula is C11H18N2O. The Bertz CT molecular complexity index is 271. The Morgan fingerprint density at radius 2 is 2.36 bits per heavy atom. The Kier molecular flexibility index (Phi) is 2.87. The molecule has 0 radical (unpaired) electrons. The first kappa shape index (κ1) is 9.71. The number of nitrogens with zero attached hydrogens (tertiary/aromatic N) is 2. The minimum atomic E-state index is -0.188. The molecule has 1 aliphatic rings. The highest BCUT2D eigenvalue weighted by molar-refractivity contribution is 4.88. The maximum Gasteiger partial charge on any atom is 0.0949 e. The smallest absolute Gasteiger partial charge is 0.0949 e. The van der Waals surface area contributed by atoms with Gasteiger partial charge < -0.3 is 9.67 Å². The topological polar surface area (TPSA) is 38.0 Å². The van der Waals surface area contributed by atoms with Crippen LogP contribution in [-0.4, -0.2) is 20.8 Å². The van der Waals surface area contributed by atoms with E-state index in [-0.39, 0.29) is 12.1 Å². The minimum Gasteiger partial charge on any atom is -0.391 e. The third-order valence-electron chi connectivity index (χ3n) is 3.37. The van der Waals surface area contributed by atoms with Crippen molar-refractivity contribution in [2.75, 3.05) is 0 Å². The van der Waals surface area contributed by atoms with Gasteiger partial charge in [-0.1, -0.05) is 13.3 Å². The summed E-state index contributed by atoms with van der Waals surface area (Å²) in [5.41, 5.74) is 0. The van der Waals surface area contributed by atoms with Crippen LogP contribution in [0.15, 0.2) is 18.7 Å². The SMILES string of the molecule is CCC1CCC(O)C(n2ccnc2)C1. The molecule has 2 rings (SSSR count). The summed E-state index contributed by atoms with van der Waals surface area (Å²) in [6.45, 7) is 2.23. The van der Waals surface area contributed by atoms with E-state index in [1.165, 1.54) is 12.8 Å². The average molecular weight is 194 g/mol. The molecule has 3 atom stereocenters. The largest absolute Gasteiger partial charge is 0.391 e. The van der Waals surface area contributed by atoms with Gasteiger partial charge in [0.25, 0.3) is 0 Å². The molecule has 78 valence electrons. The fourth-order valence-electron chi connectivity index (χ4n) is 2.37. The predicted octanol–water partition coefficient (Wildman–Crippen LogP) is 2.00. The van der Waals surface area contributed by atoms with Crippen LogP contribution in [0.25, 0.3) is 0 Å². The molecular weight excluding hydrogens is 176 g/mol. The van der Waals surface area contributed by atoms with E-state index in [0.29, 0.717) is 0 Å². The summed E-state index contributed by atoms with van der Waals surface area (Å²) in [6.07, 6.45) is 9.77. The van der Waals surface area contributed by atoms with Crippen molar-refractivity contribution in [2.24, 2.45) is 5.92 Å². The van der Waals surface area contributed by atoms with Crippen LogP contribution >= 0.6 is 0 Å². The standard InChI is InChI=1S/C11H18N2O/c1-2-9-3-4-11(14)10(7-9)13-6-5-12-8-13/h5-6,8-11,14H,2-4,7H2,1H3. The Hall–Kier alpha value is -0.830. The lowest BCUT2D eigenvalue weighted by Crippen LogP contribution is -2.30. The van der Waals surface area contributed by atoms with Gasteiger partial charge in [0, 0.05) is 12.4 Å². The Balaban J connectivity index is 2.09. The molecule has 1 heterocycles. The highest BCUT2D eigenvalue weighted by Crippen LogP contribution is 2.34. The number of hydrogen-bond acceptors (Lipinski definition) is 2. The van der Waals surface area contributed by atoms with Gasteiger partial charge in [0.15, 0.2) is 0 Å². The van der Waals surface area contributed by atoms with Gasteiger partial charge in [-0.05, 0) is 25.2 Å². The van der Waals surface area contributed by atoms with Crippen molar-refractivity contribution in [3.05, 3.63) is 18.7 Å². The molecule has 14 heavy (non-hydrogen) atoms. The molecule has 1 N–H and O–H groups in total. The maximum atomic E-state index is 9.91. The zero-order chi connectivity index (χ0) is 9.97. The molecule has 1 fully saturated rings. The second kappa shape index (κ2) is 4.13. The molecule has 1 saturated carbocycles. The average Bonchev–Trinajstić information content (AvgIpc) is 2.71. The fraction of sp³-hybridized carbons (Fsp3) is 0.727. The molecule has 0 aliphatic heterocycles. The molecule has 1 aromatic heterocycles. The third kappa shape index (κ3) is 1.82. The first-order valence-corrected chi connectivity index (χ1v) is 5.46. The third-order valence-corrected chi connectivity index (χ3v) is 3.37. The van der Waals surface area contributed by atoms with Crippen LogP contribution in [0.2, 0.25) is 0 Å². The summed E-state index contributed by atoms with van der Waals surface area (Å²) >= 11 is 0. The van der Waals surface area contributed by atoms with E-state index >= 15 is 0 Å². The van der Waals surface area contributed by atoms with Crippen molar-refractivity contribution in [3.8, 4) is 0 Å². The lowest BCUT2D eigenvalue weighted by molar-refractivity contribution is 0.0533. The maximum absolute atomic E-state index is 9.91. The van der Waals surface area contributed by atoms with Crippen LogP contribution in [0.5, 0.6) is 0 Å². The number of aromatic nitrogens is 2. The van der Waals surface area contributed by atoms with Crippen molar-refractivity contribution in [1.82, 2.24) is 9.55 Å². The molecule has 0 spiro atoms. The van der Waals surface area contributed by atoms with Crippen molar-refractivity contribution >= 4 is 0 Å². The van der Waals surface area contributed by atoms with Crippen LogP contribution in [0.1, 0.15) is 38.6 Å². The van der Waals surface area contributed by atoms with E-state index in [1.54, 1.807) is 6.20 Å². The number of aliphatic hydroxyl groups is 1.